The summed E-state index contributed by atoms with van der Waals surface area (Å²) in [6, 6.07) is 7.15. The van der Waals surface area contributed by atoms with Crippen molar-refractivity contribution in [2.45, 2.75) is 13.8 Å². The first-order valence-corrected chi connectivity index (χ1v) is 6.75. The molecule has 0 radical (unpaired) electrons. The zero-order valence-corrected chi connectivity index (χ0v) is 12.3. The number of nitrogens with two attached hydrogens (primary N) is 1. The second-order valence-electron chi connectivity index (χ2n) is 4.83. The third-order valence-corrected chi connectivity index (χ3v) is 3.33. The maximum absolute atomic E-state index is 5.92. The van der Waals surface area contributed by atoms with Crippen molar-refractivity contribution >= 4 is 17.3 Å². The highest BCUT2D eigenvalue weighted by atomic mass is 35.5. The third-order valence-electron chi connectivity index (χ3n) is 3.10. The standard InChI is InChI=1S/C15H13ClN4O/c1-8-5-9(2)13(18-7-8)14-19-15(21-20-14)11-4-3-10(16)6-12(11)17/h3-7H,17H2,1-2H3. The van der Waals surface area contributed by atoms with Crippen LogP contribution >= 0.6 is 11.6 Å². The van der Waals surface area contributed by atoms with Crippen molar-refractivity contribution in [3.8, 4) is 23.0 Å². The summed E-state index contributed by atoms with van der Waals surface area (Å²) in [5, 5.41) is 4.54. The molecule has 3 rings (SSSR count). The predicted molar refractivity (Wildman–Crippen MR) is 81.9 cm³/mol. The Morgan fingerprint density at radius 2 is 2.00 bits per heavy atom. The highest BCUT2D eigenvalue weighted by Crippen LogP contribution is 2.29. The van der Waals surface area contributed by atoms with Gasteiger partial charge in [0.1, 0.15) is 5.69 Å². The van der Waals surface area contributed by atoms with Crippen molar-refractivity contribution in [3.63, 3.8) is 0 Å². The lowest BCUT2D eigenvalue weighted by molar-refractivity contribution is 0.432. The molecule has 0 aliphatic heterocycles. The molecule has 106 valence electrons. The Balaban J connectivity index is 2.03. The van der Waals surface area contributed by atoms with Crippen LogP contribution in [0.3, 0.4) is 0 Å². The average Bonchev–Trinajstić information content (AvgIpc) is 2.87. The van der Waals surface area contributed by atoms with E-state index < -0.39 is 0 Å². The number of benzene rings is 1. The minimum absolute atomic E-state index is 0.348. The Bertz CT molecular complexity index is 747. The van der Waals surface area contributed by atoms with Gasteiger partial charge in [0.05, 0.1) is 5.56 Å². The maximum atomic E-state index is 5.92. The van der Waals surface area contributed by atoms with Crippen LogP contribution in [0.15, 0.2) is 35.0 Å². The van der Waals surface area contributed by atoms with Gasteiger partial charge >= 0.3 is 0 Å². The molecule has 6 heteroatoms. The van der Waals surface area contributed by atoms with Crippen LogP contribution in [0.4, 0.5) is 5.69 Å². The van der Waals surface area contributed by atoms with Gasteiger partial charge in [0.15, 0.2) is 0 Å². The molecule has 2 N–H and O–H groups in total. The van der Waals surface area contributed by atoms with Crippen LogP contribution in [-0.2, 0) is 0 Å². The summed E-state index contributed by atoms with van der Waals surface area (Å²) in [4.78, 5) is 8.72. The first-order valence-electron chi connectivity index (χ1n) is 6.37. The van der Waals surface area contributed by atoms with E-state index in [1.54, 1.807) is 24.4 Å². The van der Waals surface area contributed by atoms with Crippen LogP contribution in [0.25, 0.3) is 23.0 Å². The Hall–Kier alpha value is -2.40. The molecule has 3 aromatic rings. The van der Waals surface area contributed by atoms with E-state index in [4.69, 9.17) is 21.9 Å². The zero-order chi connectivity index (χ0) is 15.0. The molecule has 0 aliphatic rings. The van der Waals surface area contributed by atoms with E-state index in [-0.39, 0.29) is 0 Å². The molecule has 2 heterocycles. The van der Waals surface area contributed by atoms with E-state index in [2.05, 4.69) is 15.1 Å². The van der Waals surface area contributed by atoms with E-state index >= 15 is 0 Å². The van der Waals surface area contributed by atoms with Crippen LogP contribution in [0, 0.1) is 13.8 Å². The van der Waals surface area contributed by atoms with Crippen molar-refractivity contribution in [3.05, 3.63) is 46.6 Å². The SMILES string of the molecule is Cc1cnc(-c2noc(-c3ccc(Cl)cc3N)n2)c(C)c1. The summed E-state index contributed by atoms with van der Waals surface area (Å²) in [6.45, 7) is 3.95. The quantitative estimate of drug-likeness (QED) is 0.731. The molecule has 0 amide bonds. The zero-order valence-electron chi connectivity index (χ0n) is 11.6. The van der Waals surface area contributed by atoms with Crippen molar-refractivity contribution in [1.29, 1.82) is 0 Å². The normalized spacial score (nSPS) is 10.8. The fraction of sp³-hybridized carbons (Fsp3) is 0.133. The number of halogens is 1. The highest BCUT2D eigenvalue weighted by Gasteiger charge is 2.15. The number of aryl methyl sites for hydroxylation is 2. The van der Waals surface area contributed by atoms with Crippen molar-refractivity contribution in [2.75, 3.05) is 5.73 Å². The summed E-state index contributed by atoms with van der Waals surface area (Å²) in [5.74, 6) is 0.790. The number of anilines is 1. The van der Waals surface area contributed by atoms with Gasteiger partial charge in [-0.05, 0) is 43.2 Å². The molecule has 2 aromatic heterocycles. The average molecular weight is 301 g/mol. The lowest BCUT2D eigenvalue weighted by Crippen LogP contribution is -1.92. The second-order valence-corrected chi connectivity index (χ2v) is 5.27. The molecule has 5 nitrogen and oxygen atoms in total. The smallest absolute Gasteiger partial charge is 0.260 e. The minimum atomic E-state index is 0.348. The molecular formula is C15H13ClN4O. The molecular weight excluding hydrogens is 288 g/mol. The molecule has 0 atom stereocenters. The maximum Gasteiger partial charge on any atom is 0.260 e. The number of nitrogen functional groups attached to an aromatic ring is 1. The topological polar surface area (TPSA) is 77.8 Å². The van der Waals surface area contributed by atoms with Crippen LogP contribution in [0.2, 0.25) is 5.02 Å². The van der Waals surface area contributed by atoms with Gasteiger partial charge in [-0.2, -0.15) is 4.98 Å². The van der Waals surface area contributed by atoms with Crippen molar-refractivity contribution in [1.82, 2.24) is 15.1 Å². The molecule has 0 fully saturated rings. The summed E-state index contributed by atoms with van der Waals surface area (Å²) >= 11 is 5.88. The Labute approximate surface area is 126 Å². The predicted octanol–water partition coefficient (Wildman–Crippen LogP) is 3.65. The molecule has 1 aromatic carbocycles. The van der Waals surface area contributed by atoms with Gasteiger partial charge in [-0.25, -0.2) is 0 Å². The first kappa shape index (κ1) is 13.6. The number of aromatic nitrogens is 3. The van der Waals surface area contributed by atoms with Gasteiger partial charge in [-0.15, -0.1) is 0 Å². The van der Waals surface area contributed by atoms with Gasteiger partial charge in [0.25, 0.3) is 5.89 Å². The summed E-state index contributed by atoms with van der Waals surface area (Å²) in [6.07, 6.45) is 1.77. The highest BCUT2D eigenvalue weighted by molar-refractivity contribution is 6.31. The number of pyridine rings is 1. The summed E-state index contributed by atoms with van der Waals surface area (Å²) < 4.78 is 5.29. The van der Waals surface area contributed by atoms with Crippen molar-refractivity contribution < 1.29 is 4.52 Å². The number of rotatable bonds is 2. The fourth-order valence-corrected chi connectivity index (χ4v) is 2.29. The molecule has 0 bridgehead atoms. The molecule has 0 spiro atoms. The van der Waals surface area contributed by atoms with E-state index in [1.165, 1.54) is 0 Å². The van der Waals surface area contributed by atoms with Gasteiger partial charge in [-0.3, -0.25) is 4.98 Å². The summed E-state index contributed by atoms with van der Waals surface area (Å²) in [7, 11) is 0. The Morgan fingerprint density at radius 3 is 2.71 bits per heavy atom. The Kier molecular flexibility index (Phi) is 3.35. The Morgan fingerprint density at radius 1 is 1.19 bits per heavy atom. The molecule has 21 heavy (non-hydrogen) atoms. The summed E-state index contributed by atoms with van der Waals surface area (Å²) in [5.41, 5.74) is 9.85. The molecule has 0 aliphatic carbocycles. The number of hydrogen-bond acceptors (Lipinski definition) is 5. The van der Waals surface area contributed by atoms with E-state index in [0.29, 0.717) is 33.7 Å². The monoisotopic (exact) mass is 300 g/mol. The van der Waals surface area contributed by atoms with Gasteiger partial charge < -0.3 is 10.3 Å². The van der Waals surface area contributed by atoms with Gasteiger partial charge in [-0.1, -0.05) is 22.8 Å². The van der Waals surface area contributed by atoms with Gasteiger partial charge in [0.2, 0.25) is 5.82 Å². The molecule has 0 saturated carbocycles. The van der Waals surface area contributed by atoms with E-state index in [1.807, 2.05) is 19.9 Å². The minimum Gasteiger partial charge on any atom is -0.398 e. The lowest BCUT2D eigenvalue weighted by Gasteiger charge is -2.01. The largest absolute Gasteiger partial charge is 0.398 e. The van der Waals surface area contributed by atoms with Crippen LogP contribution < -0.4 is 5.73 Å². The molecule has 0 unspecified atom stereocenters. The van der Waals surface area contributed by atoms with E-state index in [9.17, 15) is 0 Å². The van der Waals surface area contributed by atoms with Crippen molar-refractivity contribution in [2.24, 2.45) is 0 Å². The molecule has 0 saturated heterocycles. The third kappa shape index (κ3) is 2.60. The lowest BCUT2D eigenvalue weighted by atomic mass is 10.1. The van der Waals surface area contributed by atoms with E-state index in [0.717, 1.165) is 11.1 Å². The van der Waals surface area contributed by atoms with Gasteiger partial charge in [0, 0.05) is 16.9 Å². The number of hydrogen-bond donors (Lipinski definition) is 1. The van der Waals surface area contributed by atoms with Crippen LogP contribution in [0.1, 0.15) is 11.1 Å². The fourth-order valence-electron chi connectivity index (χ4n) is 2.11. The second kappa shape index (κ2) is 5.18. The first-order chi connectivity index (χ1) is 10.0. The van der Waals surface area contributed by atoms with Crippen LogP contribution in [-0.4, -0.2) is 15.1 Å². The van der Waals surface area contributed by atoms with Crippen LogP contribution in [0.5, 0.6) is 0 Å². The number of nitrogens with zero attached hydrogens (tertiary/aromatic N) is 3.